The predicted octanol–water partition coefficient (Wildman–Crippen LogP) is 6.45. The molecule has 196 valence electrons. The predicted molar refractivity (Wildman–Crippen MR) is 147 cm³/mol. The molecule has 38 heavy (non-hydrogen) atoms. The fraction of sp³-hybridized carbons (Fsp3) is 0.367. The van der Waals surface area contributed by atoms with E-state index >= 15 is 0 Å². The molecule has 6 rings (SSSR count). The average Bonchev–Trinajstić information content (AvgIpc) is 3.66. The van der Waals surface area contributed by atoms with Crippen LogP contribution in [0.4, 0.5) is 4.79 Å². The number of carbonyl (C=O) groups is 2. The van der Waals surface area contributed by atoms with Crippen molar-refractivity contribution in [2.24, 2.45) is 17.8 Å². The number of rotatable bonds is 5. The SMILES string of the molecule is Cc1cccc(-c2sc(C)nc2C(=O)N2C[C@@H]3CC(C)C[C@@H]3[C@H]2CNC(=O)Oc2cccc3occc23)c1. The van der Waals surface area contributed by atoms with Gasteiger partial charge in [-0.05, 0) is 68.2 Å². The lowest BCUT2D eigenvalue weighted by molar-refractivity contribution is 0.0702. The number of amides is 2. The van der Waals surface area contributed by atoms with E-state index in [1.165, 1.54) is 0 Å². The lowest BCUT2D eigenvalue weighted by atomic mass is 9.93. The van der Waals surface area contributed by atoms with Crippen LogP contribution < -0.4 is 10.1 Å². The number of aromatic nitrogens is 1. The maximum Gasteiger partial charge on any atom is 0.412 e. The van der Waals surface area contributed by atoms with Gasteiger partial charge in [-0.2, -0.15) is 0 Å². The molecule has 2 aromatic carbocycles. The van der Waals surface area contributed by atoms with Crippen molar-refractivity contribution in [3.8, 4) is 16.2 Å². The highest BCUT2D eigenvalue weighted by atomic mass is 32.1. The first-order chi connectivity index (χ1) is 18.4. The summed E-state index contributed by atoms with van der Waals surface area (Å²) in [6.45, 7) is 7.29. The monoisotopic (exact) mass is 529 g/mol. The maximum absolute atomic E-state index is 14.0. The third-order valence-corrected chi connectivity index (χ3v) is 8.92. The van der Waals surface area contributed by atoms with E-state index in [0.29, 0.717) is 47.9 Å². The molecule has 4 atom stereocenters. The molecule has 0 radical (unpaired) electrons. The highest BCUT2D eigenvalue weighted by molar-refractivity contribution is 7.15. The second-order valence-electron chi connectivity index (χ2n) is 10.7. The van der Waals surface area contributed by atoms with Crippen molar-refractivity contribution in [2.45, 2.75) is 39.7 Å². The first-order valence-electron chi connectivity index (χ1n) is 13.1. The minimum absolute atomic E-state index is 0.0590. The molecular weight excluding hydrogens is 498 g/mol. The van der Waals surface area contributed by atoms with Crippen LogP contribution >= 0.6 is 11.3 Å². The summed E-state index contributed by atoms with van der Waals surface area (Å²) in [7, 11) is 0. The average molecular weight is 530 g/mol. The van der Waals surface area contributed by atoms with E-state index in [4.69, 9.17) is 9.15 Å². The zero-order valence-electron chi connectivity index (χ0n) is 21.8. The van der Waals surface area contributed by atoms with Crippen LogP contribution in [0.1, 0.15) is 40.8 Å². The van der Waals surface area contributed by atoms with Gasteiger partial charge in [0.1, 0.15) is 17.0 Å². The van der Waals surface area contributed by atoms with Crippen molar-refractivity contribution in [2.75, 3.05) is 13.1 Å². The Morgan fingerprint density at radius 3 is 2.84 bits per heavy atom. The Morgan fingerprint density at radius 2 is 2.00 bits per heavy atom. The number of furan rings is 1. The molecule has 3 heterocycles. The second-order valence-corrected chi connectivity index (χ2v) is 11.9. The Hall–Kier alpha value is -3.65. The highest BCUT2D eigenvalue weighted by Gasteiger charge is 2.48. The van der Waals surface area contributed by atoms with E-state index in [9.17, 15) is 9.59 Å². The van der Waals surface area contributed by atoms with Crippen LogP contribution in [-0.4, -0.2) is 41.0 Å². The van der Waals surface area contributed by atoms with Gasteiger partial charge < -0.3 is 19.4 Å². The summed E-state index contributed by atoms with van der Waals surface area (Å²) in [5.74, 6) is 1.77. The van der Waals surface area contributed by atoms with Crippen LogP contribution in [-0.2, 0) is 0 Å². The molecule has 2 aliphatic rings. The first kappa shape index (κ1) is 24.7. The molecule has 1 unspecified atom stereocenters. The van der Waals surface area contributed by atoms with E-state index in [2.05, 4.69) is 36.3 Å². The third-order valence-electron chi connectivity index (χ3n) is 7.90. The molecule has 1 N–H and O–H groups in total. The lowest BCUT2D eigenvalue weighted by Crippen LogP contribution is -2.46. The van der Waals surface area contributed by atoms with Gasteiger partial charge in [0.2, 0.25) is 0 Å². The Labute approximate surface area is 225 Å². The van der Waals surface area contributed by atoms with Crippen molar-refractivity contribution in [3.05, 3.63) is 71.1 Å². The number of benzene rings is 2. The van der Waals surface area contributed by atoms with Gasteiger partial charge in [-0.15, -0.1) is 11.3 Å². The van der Waals surface area contributed by atoms with Gasteiger partial charge in [0.25, 0.3) is 5.91 Å². The van der Waals surface area contributed by atoms with Crippen LogP contribution in [0.5, 0.6) is 5.75 Å². The number of aryl methyl sites for hydroxylation is 2. The number of nitrogens with one attached hydrogen (secondary N) is 1. The topological polar surface area (TPSA) is 84.7 Å². The number of ether oxygens (including phenoxy) is 1. The molecule has 4 aromatic rings. The van der Waals surface area contributed by atoms with E-state index in [0.717, 1.165) is 39.2 Å². The van der Waals surface area contributed by atoms with Crippen LogP contribution in [0, 0.1) is 31.6 Å². The summed E-state index contributed by atoms with van der Waals surface area (Å²) < 4.78 is 11.0. The zero-order chi connectivity index (χ0) is 26.4. The van der Waals surface area contributed by atoms with Crippen LogP contribution in [0.25, 0.3) is 21.4 Å². The minimum Gasteiger partial charge on any atom is -0.464 e. The maximum atomic E-state index is 14.0. The standard InChI is InChI=1S/C30H31N3O4S/c1-17-6-4-7-20(12-17)28-27(32-19(3)38-28)29(34)33-16-21-13-18(2)14-23(21)24(33)15-31-30(35)37-26-9-5-8-25-22(26)10-11-36-25/h4-12,18,21,23-24H,13-16H2,1-3H3,(H,31,35)/t18?,21-,23-,24+/m0/s1. The number of fused-ring (bicyclic) bond motifs is 2. The molecule has 0 spiro atoms. The number of hydrogen-bond donors (Lipinski definition) is 1. The quantitative estimate of drug-likeness (QED) is 0.321. The molecule has 2 aromatic heterocycles. The van der Waals surface area contributed by atoms with Crippen LogP contribution in [0.3, 0.4) is 0 Å². The van der Waals surface area contributed by atoms with E-state index in [1.54, 1.807) is 35.8 Å². The highest BCUT2D eigenvalue weighted by Crippen LogP contribution is 2.46. The van der Waals surface area contributed by atoms with E-state index < -0.39 is 6.09 Å². The summed E-state index contributed by atoms with van der Waals surface area (Å²) >= 11 is 1.55. The first-order valence-corrected chi connectivity index (χ1v) is 14.0. The molecule has 2 amide bonds. The number of likely N-dealkylation sites (tertiary alicyclic amines) is 1. The summed E-state index contributed by atoms with van der Waals surface area (Å²) in [5.41, 5.74) is 3.32. The second kappa shape index (κ2) is 9.91. The van der Waals surface area contributed by atoms with Crippen LogP contribution in [0.2, 0.25) is 0 Å². The molecule has 1 aliphatic carbocycles. The Balaban J connectivity index is 1.23. The van der Waals surface area contributed by atoms with E-state index in [1.807, 2.05) is 30.0 Å². The summed E-state index contributed by atoms with van der Waals surface area (Å²) in [6.07, 6.45) is 3.18. The Kier molecular flexibility index (Phi) is 6.43. The Morgan fingerprint density at radius 1 is 1.16 bits per heavy atom. The van der Waals surface area contributed by atoms with Crippen molar-refractivity contribution in [1.82, 2.24) is 15.2 Å². The van der Waals surface area contributed by atoms with E-state index in [-0.39, 0.29) is 11.9 Å². The molecule has 1 saturated heterocycles. The molecule has 8 heteroatoms. The van der Waals surface area contributed by atoms with Crippen molar-refractivity contribution in [3.63, 3.8) is 0 Å². The zero-order valence-corrected chi connectivity index (χ0v) is 22.6. The Bertz CT molecular complexity index is 1510. The third kappa shape index (κ3) is 4.58. The van der Waals surface area contributed by atoms with Crippen molar-refractivity contribution in [1.29, 1.82) is 0 Å². The van der Waals surface area contributed by atoms with Gasteiger partial charge in [0.05, 0.1) is 27.6 Å². The van der Waals surface area contributed by atoms with Gasteiger partial charge in [0, 0.05) is 13.1 Å². The minimum atomic E-state index is -0.537. The van der Waals surface area contributed by atoms with Gasteiger partial charge >= 0.3 is 6.09 Å². The molecule has 1 aliphatic heterocycles. The number of nitrogens with zero attached hydrogens (tertiary/aromatic N) is 2. The smallest absolute Gasteiger partial charge is 0.412 e. The fourth-order valence-electron chi connectivity index (χ4n) is 6.31. The van der Waals surface area contributed by atoms with Crippen molar-refractivity contribution >= 4 is 34.3 Å². The number of carbonyl (C=O) groups excluding carboxylic acids is 2. The van der Waals surface area contributed by atoms with Gasteiger partial charge in [0.15, 0.2) is 0 Å². The normalized spacial score (nSPS) is 22.6. The van der Waals surface area contributed by atoms with Gasteiger partial charge in [-0.3, -0.25) is 4.79 Å². The van der Waals surface area contributed by atoms with Gasteiger partial charge in [-0.1, -0.05) is 42.8 Å². The molecule has 0 bridgehead atoms. The number of hydrogen-bond acceptors (Lipinski definition) is 6. The van der Waals surface area contributed by atoms with Crippen LogP contribution in [0.15, 0.2) is 59.2 Å². The number of thiazole rings is 1. The summed E-state index contributed by atoms with van der Waals surface area (Å²) in [6, 6.07) is 15.2. The molecule has 7 nitrogen and oxygen atoms in total. The fourth-order valence-corrected chi connectivity index (χ4v) is 7.22. The summed E-state index contributed by atoms with van der Waals surface area (Å²) in [4.78, 5) is 34.4. The van der Waals surface area contributed by atoms with Gasteiger partial charge in [-0.25, -0.2) is 9.78 Å². The molecular formula is C30H31N3O4S. The summed E-state index contributed by atoms with van der Waals surface area (Å²) in [5, 5.41) is 4.56. The largest absolute Gasteiger partial charge is 0.464 e. The molecule has 1 saturated carbocycles. The lowest BCUT2D eigenvalue weighted by Gasteiger charge is -2.28. The molecule has 2 fully saturated rings. The van der Waals surface area contributed by atoms with Crippen molar-refractivity contribution < 1.29 is 18.7 Å².